The highest BCUT2D eigenvalue weighted by molar-refractivity contribution is 6.31. The highest BCUT2D eigenvalue weighted by Gasteiger charge is 2.39. The van der Waals surface area contributed by atoms with Crippen molar-refractivity contribution in [3.8, 4) is 27.9 Å². The van der Waals surface area contributed by atoms with Crippen LogP contribution in [0.1, 0.15) is 47.4 Å². The fourth-order valence-corrected chi connectivity index (χ4v) is 13.6. The molecule has 0 fully saturated rings. The number of fused-ring (bicyclic) bond motifs is 17. The molecule has 330 valence electrons. The molecule has 1 N–H and O–H groups in total. The second-order valence-corrected chi connectivity index (χ2v) is 19.9. The molecular formula is C66H46N4. The van der Waals surface area contributed by atoms with E-state index < -0.39 is 0 Å². The maximum Gasteiger partial charge on any atom is 0.126 e. The van der Waals surface area contributed by atoms with Crippen LogP contribution in [0.4, 0.5) is 0 Å². The van der Waals surface area contributed by atoms with Gasteiger partial charge in [-0.1, -0.05) is 170 Å². The van der Waals surface area contributed by atoms with Crippen LogP contribution in [0.5, 0.6) is 0 Å². The highest BCUT2D eigenvalue weighted by Crippen LogP contribution is 2.59. The van der Waals surface area contributed by atoms with Gasteiger partial charge in [-0.2, -0.15) is 0 Å². The van der Waals surface area contributed by atoms with E-state index in [-0.39, 0.29) is 12.1 Å². The molecule has 0 spiro atoms. The number of hydrogen-bond donors (Lipinski definition) is 1. The lowest BCUT2D eigenvalue weighted by Gasteiger charge is -2.33. The Labute approximate surface area is 405 Å². The Morgan fingerprint density at radius 3 is 2.17 bits per heavy atom. The Morgan fingerprint density at radius 2 is 1.27 bits per heavy atom. The minimum absolute atomic E-state index is 0.132. The van der Waals surface area contributed by atoms with E-state index in [4.69, 9.17) is 4.99 Å². The van der Waals surface area contributed by atoms with Crippen molar-refractivity contribution >= 4 is 76.6 Å². The number of rotatable bonds is 4. The summed E-state index contributed by atoms with van der Waals surface area (Å²) in [4.78, 5) is 5.79. The Balaban J connectivity index is 0.873. The van der Waals surface area contributed by atoms with Gasteiger partial charge in [-0.3, -0.25) is 4.99 Å². The first-order chi connectivity index (χ1) is 34.8. The largest absolute Gasteiger partial charge is 0.363 e. The first-order valence-electron chi connectivity index (χ1n) is 25.1. The normalized spacial score (nSPS) is 18.9. The number of allylic oxidation sites excluding steroid dienone is 6. The Hall–Kier alpha value is -8.47. The van der Waals surface area contributed by atoms with Crippen molar-refractivity contribution in [2.24, 2.45) is 10.9 Å². The summed E-state index contributed by atoms with van der Waals surface area (Å²) in [6, 6.07) is 65.6. The van der Waals surface area contributed by atoms with Gasteiger partial charge in [-0.15, -0.1) is 0 Å². The second-order valence-electron chi connectivity index (χ2n) is 19.9. The standard InChI is InChI=1S/C66H46N4/c1-2-18-42(19-3-1)69-56-30-13-11-25-50(56)59-52(28-15-31-57(59)69)63-49-24-10-12-29-55(49)67-66(68-63)40-32-35-43(36-33-40)70-64-45-21-7-4-16-39(45)34-37-53(64)62-61-51-27-14-26-46-44-20-6-5-17-41(44)38-54(58(46)51)60(61)47-22-8-9-23-48(47)65(62)70/h1-9,11-23,25-32,34-37,40,54,66-67H,10,24,33,38H2. The first kappa shape index (κ1) is 38.5. The molecule has 3 unspecified atom stereocenters. The van der Waals surface area contributed by atoms with Crippen LogP contribution in [-0.2, 0) is 6.42 Å². The molecule has 16 rings (SSSR count). The zero-order valence-electron chi connectivity index (χ0n) is 38.5. The number of hydrogen-bond acceptors (Lipinski definition) is 2. The molecule has 0 saturated carbocycles. The van der Waals surface area contributed by atoms with Gasteiger partial charge in [-0.25, -0.2) is 0 Å². The summed E-state index contributed by atoms with van der Waals surface area (Å²) in [5, 5.41) is 14.4. The minimum Gasteiger partial charge on any atom is -0.363 e. The minimum atomic E-state index is -0.132. The van der Waals surface area contributed by atoms with Gasteiger partial charge in [0.1, 0.15) is 6.17 Å². The average Bonchev–Trinajstić information content (AvgIpc) is 4.08. The van der Waals surface area contributed by atoms with Crippen molar-refractivity contribution in [1.29, 1.82) is 0 Å². The van der Waals surface area contributed by atoms with Crippen molar-refractivity contribution in [1.82, 2.24) is 14.5 Å². The molecule has 3 heterocycles. The molecule has 1 aliphatic heterocycles. The third kappa shape index (κ3) is 5.23. The molecule has 5 aliphatic rings. The van der Waals surface area contributed by atoms with Crippen LogP contribution < -0.4 is 5.32 Å². The Bertz CT molecular complexity index is 4280. The molecule has 0 radical (unpaired) electrons. The van der Waals surface area contributed by atoms with E-state index in [1.165, 1.54) is 132 Å². The molecule has 4 heteroatoms. The summed E-state index contributed by atoms with van der Waals surface area (Å²) in [5.41, 5.74) is 22.2. The van der Waals surface area contributed by atoms with Gasteiger partial charge >= 0.3 is 0 Å². The third-order valence-electron chi connectivity index (χ3n) is 16.4. The number of nitrogens with zero attached hydrogens (tertiary/aromatic N) is 3. The maximum atomic E-state index is 5.79. The lowest BCUT2D eigenvalue weighted by Crippen LogP contribution is -2.39. The fourth-order valence-electron chi connectivity index (χ4n) is 13.6. The molecule has 0 bridgehead atoms. The van der Waals surface area contributed by atoms with E-state index >= 15 is 0 Å². The van der Waals surface area contributed by atoms with E-state index in [9.17, 15) is 0 Å². The zero-order valence-corrected chi connectivity index (χ0v) is 38.5. The topological polar surface area (TPSA) is 34.2 Å². The molecule has 4 aliphatic carbocycles. The number of benzene rings is 9. The molecule has 3 atom stereocenters. The average molecular weight is 895 g/mol. The SMILES string of the molecule is C1=CC2=C(CC1)C(c1cccc3c1c1ccccc1n3-c1ccccc1)=NC(C1C=CC(n3c4c5ccccc5ccc4c4c5c(c6ccccc6c43)C3Cc4ccccc4-c4cccc-5c43)=CC1)N2. The van der Waals surface area contributed by atoms with Gasteiger partial charge in [0, 0.05) is 72.4 Å². The van der Waals surface area contributed by atoms with Crippen molar-refractivity contribution in [3.63, 3.8) is 0 Å². The van der Waals surface area contributed by atoms with Gasteiger partial charge in [0.2, 0.25) is 0 Å². The van der Waals surface area contributed by atoms with Crippen molar-refractivity contribution in [3.05, 3.63) is 240 Å². The molecule has 4 nitrogen and oxygen atoms in total. The highest BCUT2D eigenvalue weighted by atomic mass is 15.1. The lowest BCUT2D eigenvalue weighted by molar-refractivity contribution is 0.451. The smallest absolute Gasteiger partial charge is 0.126 e. The van der Waals surface area contributed by atoms with Crippen LogP contribution in [0.2, 0.25) is 0 Å². The first-order valence-corrected chi connectivity index (χ1v) is 25.1. The predicted octanol–water partition coefficient (Wildman–Crippen LogP) is 16.0. The van der Waals surface area contributed by atoms with Gasteiger partial charge < -0.3 is 14.5 Å². The van der Waals surface area contributed by atoms with E-state index in [1.54, 1.807) is 0 Å². The third-order valence-corrected chi connectivity index (χ3v) is 16.4. The second kappa shape index (κ2) is 14.5. The van der Waals surface area contributed by atoms with Crippen LogP contribution in [-0.4, -0.2) is 21.0 Å². The van der Waals surface area contributed by atoms with Gasteiger partial charge in [-0.05, 0) is 112 Å². The molecule has 11 aromatic rings. The molecule has 0 saturated heterocycles. The molecule has 2 aromatic heterocycles. The summed E-state index contributed by atoms with van der Waals surface area (Å²) in [6.07, 6.45) is 15.7. The monoisotopic (exact) mass is 894 g/mol. The van der Waals surface area contributed by atoms with Crippen LogP contribution in [0.15, 0.2) is 223 Å². The quantitative estimate of drug-likeness (QED) is 0.188. The van der Waals surface area contributed by atoms with Crippen molar-refractivity contribution < 1.29 is 0 Å². The van der Waals surface area contributed by atoms with E-state index in [2.05, 4.69) is 221 Å². The van der Waals surface area contributed by atoms with Crippen LogP contribution in [0, 0.1) is 5.92 Å². The molecule has 9 aromatic carbocycles. The maximum absolute atomic E-state index is 5.79. The number of aromatic nitrogens is 2. The van der Waals surface area contributed by atoms with E-state index in [1.807, 2.05) is 0 Å². The molecule has 0 amide bonds. The number of aliphatic imine (C=N–C) groups is 1. The Morgan fingerprint density at radius 1 is 0.529 bits per heavy atom. The molecule has 70 heavy (non-hydrogen) atoms. The predicted molar refractivity (Wildman–Crippen MR) is 292 cm³/mol. The number of para-hydroxylation sites is 2. The summed E-state index contributed by atoms with van der Waals surface area (Å²) in [5.74, 6) is 0.449. The van der Waals surface area contributed by atoms with Gasteiger partial charge in [0.05, 0.1) is 27.8 Å². The van der Waals surface area contributed by atoms with Crippen molar-refractivity contribution in [2.75, 3.05) is 0 Å². The van der Waals surface area contributed by atoms with Crippen LogP contribution in [0.25, 0.3) is 98.8 Å². The van der Waals surface area contributed by atoms with Gasteiger partial charge in [0.15, 0.2) is 0 Å². The lowest BCUT2D eigenvalue weighted by atomic mass is 9.77. The Kier molecular flexibility index (Phi) is 7.99. The summed E-state index contributed by atoms with van der Waals surface area (Å²) < 4.78 is 5.04. The van der Waals surface area contributed by atoms with Crippen LogP contribution >= 0.6 is 0 Å². The number of nitrogens with one attached hydrogen (secondary N) is 1. The van der Waals surface area contributed by atoms with E-state index in [0.29, 0.717) is 5.92 Å². The van der Waals surface area contributed by atoms with Crippen LogP contribution in [0.3, 0.4) is 0 Å². The summed E-state index contributed by atoms with van der Waals surface area (Å²) >= 11 is 0. The summed E-state index contributed by atoms with van der Waals surface area (Å²) in [6.45, 7) is 0. The van der Waals surface area contributed by atoms with Gasteiger partial charge in [0.25, 0.3) is 0 Å². The molecular weight excluding hydrogens is 849 g/mol. The van der Waals surface area contributed by atoms with Crippen molar-refractivity contribution in [2.45, 2.75) is 37.8 Å². The fraction of sp³-hybridized carbons (Fsp3) is 0.106. The van der Waals surface area contributed by atoms with E-state index in [0.717, 1.165) is 31.4 Å². The summed E-state index contributed by atoms with van der Waals surface area (Å²) in [7, 11) is 0. The zero-order chi connectivity index (χ0) is 45.6.